The molecule has 0 bridgehead atoms. The van der Waals surface area contributed by atoms with Crippen molar-refractivity contribution in [3.8, 4) is 0 Å². The monoisotopic (exact) mass is 751 g/mol. The van der Waals surface area contributed by atoms with E-state index in [0.29, 0.717) is 0 Å². The molecule has 0 spiro atoms. The topological polar surface area (TPSA) is 0 Å². The third-order valence-electron chi connectivity index (χ3n) is 8.82. The second-order valence-electron chi connectivity index (χ2n) is 13.5. The van der Waals surface area contributed by atoms with Gasteiger partial charge in [-0.2, -0.15) is 0 Å². The van der Waals surface area contributed by atoms with Gasteiger partial charge in [-0.1, -0.05) is 239 Å². The molecule has 0 saturated heterocycles. The minimum atomic E-state index is 1.09. The van der Waals surface area contributed by atoms with Crippen LogP contribution in [0.2, 0.25) is 0 Å². The molecular weight excluding hydrogens is 685 g/mol. The average molecular weight is 751 g/mol. The van der Waals surface area contributed by atoms with E-state index in [1.54, 1.807) is 0 Å². The molecule has 0 saturated carbocycles. The first-order valence-corrected chi connectivity index (χ1v) is 19.6. The number of hydrogen-bond donors (Lipinski definition) is 0. The fourth-order valence-electron chi connectivity index (χ4n) is 5.30. The molecule has 0 unspecified atom stereocenters. The molecule has 6 rings (SSSR count). The third-order valence-corrected chi connectivity index (χ3v) is 8.82. The van der Waals surface area contributed by atoms with Crippen LogP contribution in [0.25, 0.3) is 36.0 Å². The Labute approximate surface area is 347 Å². The Bertz CT molecular complexity index is 2100. The number of allylic oxidation sites excluding steroid dienone is 2. The molecule has 0 heteroatoms. The van der Waals surface area contributed by atoms with Gasteiger partial charge in [0.2, 0.25) is 0 Å². The Morgan fingerprint density at radius 1 is 0.474 bits per heavy atom. The van der Waals surface area contributed by atoms with E-state index in [9.17, 15) is 0 Å². The molecule has 0 atom stereocenters. The minimum absolute atomic E-state index is 1.09. The Morgan fingerprint density at radius 3 is 1.33 bits per heavy atom. The second-order valence-corrected chi connectivity index (χ2v) is 13.5. The van der Waals surface area contributed by atoms with E-state index in [0.717, 1.165) is 12.0 Å². The summed E-state index contributed by atoms with van der Waals surface area (Å²) < 4.78 is 0. The highest BCUT2D eigenvalue weighted by molar-refractivity contribution is 5.60. The normalized spacial score (nSPS) is 9.40. The highest BCUT2D eigenvalue weighted by Gasteiger charge is 1.93. The summed E-state index contributed by atoms with van der Waals surface area (Å²) in [6.45, 7) is 35.3. The van der Waals surface area contributed by atoms with Crippen LogP contribution in [0.15, 0.2) is 185 Å². The summed E-state index contributed by atoms with van der Waals surface area (Å²) in [5.41, 5.74) is 16.4. The molecule has 0 nitrogen and oxygen atoms in total. The van der Waals surface area contributed by atoms with Crippen molar-refractivity contribution in [2.24, 2.45) is 0 Å². The zero-order valence-corrected chi connectivity index (χ0v) is 36.1. The molecule has 6 aromatic carbocycles. The van der Waals surface area contributed by atoms with Gasteiger partial charge in [-0.25, -0.2) is 0 Å². The van der Waals surface area contributed by atoms with Crippen LogP contribution in [-0.2, 0) is 6.42 Å². The largest absolute Gasteiger partial charge is 0.0985 e. The zero-order valence-electron chi connectivity index (χ0n) is 36.1. The fourth-order valence-corrected chi connectivity index (χ4v) is 5.30. The lowest BCUT2D eigenvalue weighted by Crippen LogP contribution is -1.83. The van der Waals surface area contributed by atoms with E-state index in [4.69, 9.17) is 0 Å². The Balaban J connectivity index is 0.000000342. The Kier molecular flexibility index (Phi) is 24.9. The van der Waals surface area contributed by atoms with Crippen LogP contribution in [0.5, 0.6) is 0 Å². The summed E-state index contributed by atoms with van der Waals surface area (Å²) in [5, 5.41) is 0. The zero-order chi connectivity index (χ0) is 42.4. The van der Waals surface area contributed by atoms with Gasteiger partial charge in [0.25, 0.3) is 0 Å². The van der Waals surface area contributed by atoms with Crippen LogP contribution >= 0.6 is 0 Å². The molecule has 0 amide bonds. The molecule has 294 valence electrons. The maximum atomic E-state index is 3.83. The van der Waals surface area contributed by atoms with Gasteiger partial charge in [-0.15, -0.1) is 0 Å². The van der Waals surface area contributed by atoms with Crippen LogP contribution in [0.1, 0.15) is 87.5 Å². The van der Waals surface area contributed by atoms with E-state index in [2.05, 4.69) is 196 Å². The van der Waals surface area contributed by atoms with Crippen molar-refractivity contribution in [3.05, 3.63) is 251 Å². The summed E-state index contributed by atoms with van der Waals surface area (Å²) >= 11 is 0. The average Bonchev–Trinajstić information content (AvgIpc) is 3.24. The van der Waals surface area contributed by atoms with Gasteiger partial charge >= 0.3 is 0 Å². The molecule has 0 N–H and O–H groups in total. The summed E-state index contributed by atoms with van der Waals surface area (Å²) in [6.07, 6.45) is 12.8. The molecule has 0 heterocycles. The van der Waals surface area contributed by atoms with E-state index < -0.39 is 0 Å². The fraction of sp³-hybridized carbons (Fsp3) is 0.158. The summed E-state index contributed by atoms with van der Waals surface area (Å²) in [5.74, 6) is 0. The summed E-state index contributed by atoms with van der Waals surface area (Å²) in [6, 6.07) is 49.7. The van der Waals surface area contributed by atoms with Crippen LogP contribution in [0.3, 0.4) is 0 Å². The van der Waals surface area contributed by atoms with E-state index in [1.807, 2.05) is 74.5 Å². The first kappa shape index (κ1) is 48.8. The van der Waals surface area contributed by atoms with Gasteiger partial charge in [-0.3, -0.25) is 0 Å². The lowest BCUT2D eigenvalue weighted by atomic mass is 10.1. The standard InChI is InChI=1S/3C10H12.3C9H10/c1-4-10-6-5-8(2)7-9(10)3;1-3-6-10-8-5-4-7-9(10)2;1-3-9-7-5-6-8-10(9)4-2;1-8(2)9-6-4-3-5-7-9;1-3-9-6-4-8(2)5-7-9;1-3-9-7-5-4-6-8(9)2/h4-7H,1H2,2-3H3;3-8H,1-2H3;3,5-8H,1,4H2,2H3;3*3-7H,1H2,2H3. The van der Waals surface area contributed by atoms with Crippen molar-refractivity contribution in [1.82, 2.24) is 0 Å². The second kappa shape index (κ2) is 29.1. The van der Waals surface area contributed by atoms with Crippen LogP contribution in [-0.4, -0.2) is 0 Å². The summed E-state index contributed by atoms with van der Waals surface area (Å²) in [4.78, 5) is 0. The molecule has 0 aliphatic heterocycles. The first-order valence-electron chi connectivity index (χ1n) is 19.6. The van der Waals surface area contributed by atoms with Gasteiger partial charge in [0, 0.05) is 0 Å². The van der Waals surface area contributed by atoms with E-state index in [-0.39, 0.29) is 0 Å². The van der Waals surface area contributed by atoms with Gasteiger partial charge in [0.15, 0.2) is 0 Å². The van der Waals surface area contributed by atoms with E-state index >= 15 is 0 Å². The van der Waals surface area contributed by atoms with Gasteiger partial charge in [0.05, 0.1) is 0 Å². The van der Waals surface area contributed by atoms with Crippen LogP contribution in [0.4, 0.5) is 0 Å². The predicted octanol–water partition coefficient (Wildman–Crippen LogP) is 16.9. The van der Waals surface area contributed by atoms with Crippen molar-refractivity contribution in [1.29, 1.82) is 0 Å². The summed E-state index contributed by atoms with van der Waals surface area (Å²) in [7, 11) is 0. The Hall–Kier alpha value is -6.24. The van der Waals surface area contributed by atoms with Crippen molar-refractivity contribution in [2.75, 3.05) is 0 Å². The Morgan fingerprint density at radius 2 is 0.930 bits per heavy atom. The number of aryl methyl sites for hydroxylation is 6. The predicted molar refractivity (Wildman–Crippen MR) is 261 cm³/mol. The van der Waals surface area contributed by atoms with E-state index in [1.165, 1.54) is 66.8 Å². The van der Waals surface area contributed by atoms with Crippen molar-refractivity contribution < 1.29 is 0 Å². The van der Waals surface area contributed by atoms with Crippen molar-refractivity contribution in [2.45, 2.75) is 61.8 Å². The maximum absolute atomic E-state index is 3.83. The molecule has 0 aliphatic carbocycles. The lowest BCUT2D eigenvalue weighted by Gasteiger charge is -1.99. The number of hydrogen-bond acceptors (Lipinski definition) is 0. The molecule has 0 fully saturated rings. The third kappa shape index (κ3) is 20.3. The highest BCUT2D eigenvalue weighted by Crippen LogP contribution is 2.12. The molecule has 6 aromatic rings. The molecular formula is C57H66. The lowest BCUT2D eigenvalue weighted by molar-refractivity contribution is 1.13. The maximum Gasteiger partial charge on any atom is -0.0231 e. The molecule has 0 aromatic heterocycles. The molecule has 0 radical (unpaired) electrons. The van der Waals surface area contributed by atoms with Crippen molar-refractivity contribution >= 4 is 36.0 Å². The first-order chi connectivity index (χ1) is 27.4. The van der Waals surface area contributed by atoms with Gasteiger partial charge in [0.1, 0.15) is 0 Å². The van der Waals surface area contributed by atoms with Crippen LogP contribution < -0.4 is 0 Å². The quantitative estimate of drug-likeness (QED) is 0.152. The van der Waals surface area contributed by atoms with Gasteiger partial charge < -0.3 is 0 Å². The molecule has 57 heavy (non-hydrogen) atoms. The molecule has 0 aliphatic rings. The highest BCUT2D eigenvalue weighted by atomic mass is 14.0. The number of benzene rings is 6. The van der Waals surface area contributed by atoms with Crippen molar-refractivity contribution in [3.63, 3.8) is 0 Å². The minimum Gasteiger partial charge on any atom is -0.0985 e. The van der Waals surface area contributed by atoms with Crippen LogP contribution in [0, 0.1) is 34.6 Å². The smallest absolute Gasteiger partial charge is 0.0231 e. The SMILES string of the molecule is C=C(C)c1ccccc1.C=Cc1ccc(C)cc1.C=Cc1ccc(C)cc1C.C=Cc1ccccc1C.C=Cc1ccccc1CC.CC=Cc1ccccc1C. The number of rotatable bonds is 7. The van der Waals surface area contributed by atoms with Gasteiger partial charge in [-0.05, 0) is 111 Å².